The van der Waals surface area contributed by atoms with Crippen LogP contribution in [0.4, 0.5) is 17.6 Å². The van der Waals surface area contributed by atoms with Gasteiger partial charge in [0.1, 0.15) is 0 Å². The summed E-state index contributed by atoms with van der Waals surface area (Å²) in [5, 5.41) is 2.62. The minimum atomic E-state index is -2.91. The van der Waals surface area contributed by atoms with Gasteiger partial charge in [-0.1, -0.05) is 48.5 Å². The Labute approximate surface area is 118 Å². The van der Waals surface area contributed by atoms with Gasteiger partial charge < -0.3 is 0 Å². The first-order valence-electron chi connectivity index (χ1n) is 4.41. The van der Waals surface area contributed by atoms with E-state index in [0.29, 0.717) is 0 Å². The zero-order chi connectivity index (χ0) is 12.0. The van der Waals surface area contributed by atoms with Crippen molar-refractivity contribution in [2.24, 2.45) is 0 Å². The summed E-state index contributed by atoms with van der Waals surface area (Å²) in [5.74, 6) is 0. The summed E-state index contributed by atoms with van der Waals surface area (Å²) in [6, 6.07) is 16.7. The van der Waals surface area contributed by atoms with Crippen LogP contribution >= 0.6 is 0 Å². The Bertz CT molecular complexity index is 413. The molecule has 0 fully saturated rings. The number of halogens is 4. The van der Waals surface area contributed by atoms with Crippen LogP contribution in [0.2, 0.25) is 0 Å². The van der Waals surface area contributed by atoms with Crippen LogP contribution in [0.1, 0.15) is 0 Å². The van der Waals surface area contributed by atoms with Crippen molar-refractivity contribution < 1.29 is 17.6 Å². The van der Waals surface area contributed by atoms with Gasteiger partial charge in [-0.25, -0.2) is 0 Å². The van der Waals surface area contributed by atoms with Crippen molar-refractivity contribution in [1.82, 2.24) is 0 Å². The van der Waals surface area contributed by atoms with E-state index in [9.17, 15) is 17.6 Å². The topological polar surface area (TPSA) is 0 Å². The van der Waals surface area contributed by atoms with E-state index < -0.39 is 12.2 Å². The van der Waals surface area contributed by atoms with Gasteiger partial charge in [-0.2, -0.15) is 17.6 Å². The number of hydrogen-bond donors (Lipinski definition) is 0. The molecule has 0 atom stereocenters. The van der Waals surface area contributed by atoms with Crippen LogP contribution < -0.4 is 0 Å². The number of rotatable bonds is 0. The Morgan fingerprint density at radius 1 is 0.588 bits per heavy atom. The van der Waals surface area contributed by atoms with Crippen molar-refractivity contribution in [3.63, 3.8) is 0 Å². The molecular formula is C12H9F4Na. The maximum Gasteiger partial charge on any atom is -0.0184 e. The van der Waals surface area contributed by atoms with Crippen LogP contribution in [0.5, 0.6) is 0 Å². The third-order valence-electron chi connectivity index (χ3n) is 1.80. The number of hydrogen-bond acceptors (Lipinski definition) is 0. The van der Waals surface area contributed by atoms with E-state index in [-0.39, 0.29) is 29.6 Å². The molecule has 2 rings (SSSR count). The smallest absolute Gasteiger partial charge is 0.0184 e. The Hall–Kier alpha value is -0.840. The van der Waals surface area contributed by atoms with Crippen molar-refractivity contribution in [2.45, 2.75) is 0 Å². The zero-order valence-corrected chi connectivity index (χ0v) is 8.13. The largest absolute Gasteiger partial charge is 0.0616 e. The van der Waals surface area contributed by atoms with E-state index >= 15 is 0 Å². The van der Waals surface area contributed by atoms with Crippen molar-refractivity contribution in [3.8, 4) is 0 Å². The molecule has 0 saturated heterocycles. The maximum absolute atomic E-state index is 10.3. The maximum atomic E-state index is 10.3. The normalized spacial score (nSPS) is 8.71. The Morgan fingerprint density at radius 3 is 1.00 bits per heavy atom. The molecule has 0 amide bonds. The number of benzene rings is 2. The average Bonchev–Trinajstić information content (AvgIpc) is 2.30. The van der Waals surface area contributed by atoms with E-state index in [2.05, 4.69) is 48.5 Å². The van der Waals surface area contributed by atoms with Crippen LogP contribution in [0, 0.1) is 0 Å². The quantitative estimate of drug-likeness (QED) is 0.487. The fraction of sp³-hybridized carbons (Fsp3) is 0. The van der Waals surface area contributed by atoms with Gasteiger partial charge in [0, 0.05) is 0 Å². The third-order valence-corrected chi connectivity index (χ3v) is 1.80. The first-order chi connectivity index (χ1) is 7.61. The zero-order valence-electron chi connectivity index (χ0n) is 8.13. The molecule has 0 nitrogen and oxygen atoms in total. The minimum absolute atomic E-state index is 0. The molecule has 0 N–H and O–H groups in total. The van der Waals surface area contributed by atoms with Crippen LogP contribution in [0.25, 0.3) is 10.8 Å². The molecule has 86 valence electrons. The molecule has 0 radical (unpaired) electrons. The summed E-state index contributed by atoms with van der Waals surface area (Å²) in [4.78, 5) is 0. The molecule has 0 aliphatic heterocycles. The van der Waals surface area contributed by atoms with Gasteiger partial charge in [0.2, 0.25) is 0 Å². The molecule has 2 aromatic rings. The Kier molecular flexibility index (Phi) is 7.87. The monoisotopic (exact) mass is 252 g/mol. The molecule has 5 heteroatoms. The first-order valence-corrected chi connectivity index (χ1v) is 4.41. The molecule has 0 aromatic heterocycles. The second kappa shape index (κ2) is 8.28. The van der Waals surface area contributed by atoms with Gasteiger partial charge in [0.15, 0.2) is 0 Å². The second-order valence-corrected chi connectivity index (χ2v) is 2.87. The molecule has 0 bridgehead atoms. The van der Waals surface area contributed by atoms with Gasteiger partial charge >= 0.3 is 41.7 Å². The van der Waals surface area contributed by atoms with Crippen LogP contribution in [-0.2, 0) is 0 Å². The molecule has 0 aliphatic carbocycles. The molecule has 2 aromatic carbocycles. The second-order valence-electron chi connectivity index (χ2n) is 2.87. The fourth-order valence-electron chi connectivity index (χ4n) is 1.13. The molecule has 0 aliphatic rings. The van der Waals surface area contributed by atoms with E-state index in [0.717, 1.165) is 0 Å². The summed E-state index contributed by atoms with van der Waals surface area (Å²) < 4.78 is 41.1. The van der Waals surface area contributed by atoms with Crippen molar-refractivity contribution in [3.05, 3.63) is 60.7 Å². The fourth-order valence-corrected chi connectivity index (χ4v) is 1.13. The van der Waals surface area contributed by atoms with E-state index in [1.54, 1.807) is 0 Å². The third kappa shape index (κ3) is 5.86. The predicted octanol–water partition coefficient (Wildman–Crippen LogP) is 4.18. The van der Waals surface area contributed by atoms with Crippen molar-refractivity contribution >= 4 is 40.3 Å². The molecule has 0 saturated carbocycles. The molecule has 0 spiro atoms. The van der Waals surface area contributed by atoms with Gasteiger partial charge in [-0.05, 0) is 10.8 Å². The summed E-state index contributed by atoms with van der Waals surface area (Å²) in [6.07, 6.45) is -5.81. The Balaban J connectivity index is 0.000000324. The Morgan fingerprint density at radius 2 is 0.824 bits per heavy atom. The molecule has 0 heterocycles. The summed E-state index contributed by atoms with van der Waals surface area (Å²) >= 11 is 0. The molecule has 17 heavy (non-hydrogen) atoms. The van der Waals surface area contributed by atoms with E-state index in [1.165, 1.54) is 10.8 Å². The number of fused-ring (bicyclic) bond motifs is 1. The van der Waals surface area contributed by atoms with Crippen LogP contribution in [0.15, 0.2) is 60.7 Å². The van der Waals surface area contributed by atoms with Gasteiger partial charge in [-0.3, -0.25) is 0 Å². The summed E-state index contributed by atoms with van der Waals surface area (Å²) in [5.41, 5.74) is 0. The SMILES string of the molecule is FC(F)=C(F)F.[NaH].c1ccc2ccccc2c1. The van der Waals surface area contributed by atoms with E-state index in [4.69, 9.17) is 0 Å². The minimum Gasteiger partial charge on any atom is -0.0616 e. The van der Waals surface area contributed by atoms with E-state index in [1.807, 2.05) is 0 Å². The molecular weight excluding hydrogens is 243 g/mol. The predicted molar refractivity (Wildman–Crippen MR) is 62.6 cm³/mol. The first kappa shape index (κ1) is 16.2. The summed E-state index contributed by atoms with van der Waals surface area (Å²) in [7, 11) is 0. The molecule has 0 unspecified atom stereocenters. The summed E-state index contributed by atoms with van der Waals surface area (Å²) in [6.45, 7) is 0. The van der Waals surface area contributed by atoms with Crippen LogP contribution in [-0.4, -0.2) is 29.6 Å². The standard InChI is InChI=1S/C10H8.C2F4.Na.H/c1-2-6-10-8-4-3-7-9(10)5-1;3-1(4)2(5)6;;/h1-8H;;;. The van der Waals surface area contributed by atoms with Gasteiger partial charge in [0.05, 0.1) is 0 Å². The average molecular weight is 252 g/mol. The van der Waals surface area contributed by atoms with Crippen molar-refractivity contribution in [1.29, 1.82) is 0 Å². The van der Waals surface area contributed by atoms with Crippen molar-refractivity contribution in [2.75, 3.05) is 0 Å². The van der Waals surface area contributed by atoms with Gasteiger partial charge in [-0.15, -0.1) is 0 Å². The van der Waals surface area contributed by atoms with Gasteiger partial charge in [0.25, 0.3) is 0 Å². The van der Waals surface area contributed by atoms with Crippen LogP contribution in [0.3, 0.4) is 0 Å².